The van der Waals surface area contributed by atoms with Crippen molar-refractivity contribution in [2.24, 2.45) is 18.7 Å². The highest BCUT2D eigenvalue weighted by Crippen LogP contribution is 2.26. The Balaban J connectivity index is 1.97. The molecule has 0 amide bonds. The second-order valence-electron chi connectivity index (χ2n) is 4.94. The molecule has 0 aromatic carbocycles. The monoisotopic (exact) mass is 237 g/mol. The molecule has 1 aromatic rings. The van der Waals surface area contributed by atoms with E-state index >= 15 is 0 Å². The van der Waals surface area contributed by atoms with E-state index in [1.807, 2.05) is 11.7 Å². The van der Waals surface area contributed by atoms with Gasteiger partial charge in [0.15, 0.2) is 0 Å². The third-order valence-corrected chi connectivity index (χ3v) is 3.64. The fourth-order valence-corrected chi connectivity index (χ4v) is 2.53. The maximum absolute atomic E-state index is 6.29. The number of aromatic nitrogens is 2. The van der Waals surface area contributed by atoms with E-state index in [-0.39, 0.29) is 6.04 Å². The summed E-state index contributed by atoms with van der Waals surface area (Å²) in [5.74, 6) is 0.707. The molecule has 96 valence electrons. The Bertz CT molecular complexity index is 356. The normalized spacial score (nSPS) is 19.5. The van der Waals surface area contributed by atoms with Crippen molar-refractivity contribution in [2.75, 3.05) is 13.2 Å². The molecule has 0 spiro atoms. The molecule has 1 aliphatic rings. The standard InChI is InChI=1S/C13H23N3O/c1-3-11-9-13(16(2)15-11)12(14)8-10-4-6-17-7-5-10/h9-10,12H,3-8,14H2,1-2H3. The highest BCUT2D eigenvalue weighted by atomic mass is 16.5. The van der Waals surface area contributed by atoms with Crippen molar-refractivity contribution in [3.8, 4) is 0 Å². The van der Waals surface area contributed by atoms with Crippen LogP contribution in [0.25, 0.3) is 0 Å². The third kappa shape index (κ3) is 3.07. The Labute approximate surface area is 103 Å². The Morgan fingerprint density at radius 1 is 1.53 bits per heavy atom. The van der Waals surface area contributed by atoms with Gasteiger partial charge in [0.05, 0.1) is 11.4 Å². The van der Waals surface area contributed by atoms with Gasteiger partial charge in [-0.3, -0.25) is 4.68 Å². The fourth-order valence-electron chi connectivity index (χ4n) is 2.53. The van der Waals surface area contributed by atoms with Gasteiger partial charge in [0.25, 0.3) is 0 Å². The molecule has 1 aromatic heterocycles. The summed E-state index contributed by atoms with van der Waals surface area (Å²) >= 11 is 0. The molecule has 1 fully saturated rings. The molecule has 1 unspecified atom stereocenters. The first kappa shape index (κ1) is 12.6. The lowest BCUT2D eigenvalue weighted by atomic mass is 9.91. The van der Waals surface area contributed by atoms with Gasteiger partial charge in [-0.2, -0.15) is 5.10 Å². The lowest BCUT2D eigenvalue weighted by Crippen LogP contribution is -2.23. The maximum atomic E-state index is 6.29. The number of ether oxygens (including phenoxy) is 1. The predicted molar refractivity (Wildman–Crippen MR) is 67.7 cm³/mol. The van der Waals surface area contributed by atoms with Crippen LogP contribution in [0.5, 0.6) is 0 Å². The molecule has 2 rings (SSSR count). The molecule has 0 saturated carbocycles. The van der Waals surface area contributed by atoms with Crippen LogP contribution in [0.1, 0.15) is 43.6 Å². The molecule has 0 radical (unpaired) electrons. The van der Waals surface area contributed by atoms with E-state index in [1.165, 1.54) is 0 Å². The zero-order valence-corrected chi connectivity index (χ0v) is 10.9. The van der Waals surface area contributed by atoms with Gasteiger partial charge in [0.1, 0.15) is 0 Å². The Morgan fingerprint density at radius 2 is 2.24 bits per heavy atom. The topological polar surface area (TPSA) is 53.1 Å². The first-order valence-electron chi connectivity index (χ1n) is 6.56. The second kappa shape index (κ2) is 5.65. The van der Waals surface area contributed by atoms with Gasteiger partial charge in [-0.05, 0) is 37.7 Å². The molecule has 17 heavy (non-hydrogen) atoms. The van der Waals surface area contributed by atoms with Gasteiger partial charge >= 0.3 is 0 Å². The van der Waals surface area contributed by atoms with E-state index < -0.39 is 0 Å². The molecule has 1 saturated heterocycles. The molecule has 4 heteroatoms. The van der Waals surface area contributed by atoms with Crippen LogP contribution in [-0.2, 0) is 18.2 Å². The fraction of sp³-hybridized carbons (Fsp3) is 0.769. The van der Waals surface area contributed by atoms with Gasteiger partial charge in [-0.25, -0.2) is 0 Å². The minimum absolute atomic E-state index is 0.107. The average Bonchev–Trinajstić information content (AvgIpc) is 2.72. The van der Waals surface area contributed by atoms with Gasteiger partial charge in [-0.15, -0.1) is 0 Å². The van der Waals surface area contributed by atoms with Crippen molar-refractivity contribution in [3.63, 3.8) is 0 Å². The third-order valence-electron chi connectivity index (χ3n) is 3.64. The summed E-state index contributed by atoms with van der Waals surface area (Å²) in [6, 6.07) is 2.25. The van der Waals surface area contributed by atoms with E-state index in [0.717, 1.165) is 50.3 Å². The number of nitrogens with two attached hydrogens (primary N) is 1. The van der Waals surface area contributed by atoms with Crippen LogP contribution in [-0.4, -0.2) is 23.0 Å². The molecule has 2 N–H and O–H groups in total. The van der Waals surface area contributed by atoms with Crippen LogP contribution in [0.15, 0.2) is 6.07 Å². The summed E-state index contributed by atoms with van der Waals surface area (Å²) in [5, 5.41) is 4.46. The molecule has 4 nitrogen and oxygen atoms in total. The summed E-state index contributed by atoms with van der Waals surface area (Å²) in [6.45, 7) is 3.90. The lowest BCUT2D eigenvalue weighted by molar-refractivity contribution is 0.0616. The molecule has 1 atom stereocenters. The summed E-state index contributed by atoms with van der Waals surface area (Å²) in [4.78, 5) is 0. The SMILES string of the molecule is CCc1cc(C(N)CC2CCOCC2)n(C)n1. The highest BCUT2D eigenvalue weighted by molar-refractivity contribution is 5.13. The van der Waals surface area contributed by atoms with Gasteiger partial charge in [0, 0.05) is 26.3 Å². The molecule has 1 aliphatic heterocycles. The molecular formula is C13H23N3O. The van der Waals surface area contributed by atoms with Crippen LogP contribution in [0.4, 0.5) is 0 Å². The molecule has 0 bridgehead atoms. The maximum Gasteiger partial charge on any atom is 0.0625 e. The van der Waals surface area contributed by atoms with Crippen LogP contribution in [0.3, 0.4) is 0 Å². The van der Waals surface area contributed by atoms with Crippen LogP contribution >= 0.6 is 0 Å². The number of nitrogens with zero attached hydrogens (tertiary/aromatic N) is 2. The number of aryl methyl sites for hydroxylation is 2. The Kier molecular flexibility index (Phi) is 4.18. The van der Waals surface area contributed by atoms with Crippen molar-refractivity contribution in [1.29, 1.82) is 0 Å². The number of hydrogen-bond acceptors (Lipinski definition) is 3. The zero-order chi connectivity index (χ0) is 12.3. The first-order valence-corrected chi connectivity index (χ1v) is 6.56. The van der Waals surface area contributed by atoms with E-state index in [9.17, 15) is 0 Å². The van der Waals surface area contributed by atoms with Crippen LogP contribution < -0.4 is 5.73 Å². The van der Waals surface area contributed by atoms with E-state index in [2.05, 4.69) is 18.1 Å². The van der Waals surface area contributed by atoms with Gasteiger partial charge < -0.3 is 10.5 Å². The van der Waals surface area contributed by atoms with Crippen molar-refractivity contribution in [3.05, 3.63) is 17.5 Å². The predicted octanol–water partition coefficient (Wildman–Crippen LogP) is 1.80. The number of rotatable bonds is 4. The van der Waals surface area contributed by atoms with Crippen molar-refractivity contribution < 1.29 is 4.74 Å². The molecular weight excluding hydrogens is 214 g/mol. The lowest BCUT2D eigenvalue weighted by Gasteiger charge is -2.24. The minimum atomic E-state index is 0.107. The van der Waals surface area contributed by atoms with Gasteiger partial charge in [-0.1, -0.05) is 6.92 Å². The minimum Gasteiger partial charge on any atom is -0.381 e. The smallest absolute Gasteiger partial charge is 0.0625 e. The highest BCUT2D eigenvalue weighted by Gasteiger charge is 2.20. The summed E-state index contributed by atoms with van der Waals surface area (Å²) in [7, 11) is 1.98. The second-order valence-corrected chi connectivity index (χ2v) is 4.94. The van der Waals surface area contributed by atoms with Crippen molar-refractivity contribution >= 4 is 0 Å². The largest absolute Gasteiger partial charge is 0.381 e. The number of hydrogen-bond donors (Lipinski definition) is 1. The summed E-state index contributed by atoms with van der Waals surface area (Å²) in [6.07, 6.45) is 4.31. The quantitative estimate of drug-likeness (QED) is 0.868. The molecule has 2 heterocycles. The first-order chi connectivity index (χ1) is 8.20. The average molecular weight is 237 g/mol. The van der Waals surface area contributed by atoms with Gasteiger partial charge in [0.2, 0.25) is 0 Å². The van der Waals surface area contributed by atoms with E-state index in [4.69, 9.17) is 10.5 Å². The molecule has 0 aliphatic carbocycles. The zero-order valence-electron chi connectivity index (χ0n) is 10.9. The van der Waals surface area contributed by atoms with E-state index in [0.29, 0.717) is 5.92 Å². The van der Waals surface area contributed by atoms with Crippen LogP contribution in [0, 0.1) is 5.92 Å². The summed E-state index contributed by atoms with van der Waals surface area (Å²) in [5.41, 5.74) is 8.58. The van der Waals surface area contributed by atoms with Crippen molar-refractivity contribution in [2.45, 2.75) is 38.6 Å². The Hall–Kier alpha value is -0.870. The summed E-state index contributed by atoms with van der Waals surface area (Å²) < 4.78 is 7.31. The van der Waals surface area contributed by atoms with Crippen LogP contribution in [0.2, 0.25) is 0 Å². The Morgan fingerprint density at radius 3 is 2.82 bits per heavy atom. The van der Waals surface area contributed by atoms with E-state index in [1.54, 1.807) is 0 Å². The van der Waals surface area contributed by atoms with Crippen molar-refractivity contribution in [1.82, 2.24) is 9.78 Å².